The van der Waals surface area contributed by atoms with Gasteiger partial charge in [-0.1, -0.05) is 62.7 Å². The quantitative estimate of drug-likeness (QED) is 0.682. The maximum Gasteiger partial charge on any atom is -0.0149 e. The van der Waals surface area contributed by atoms with Gasteiger partial charge in [0.1, 0.15) is 0 Å². The molecule has 0 heterocycles. The molecule has 0 bridgehead atoms. The first-order chi connectivity index (χ1) is 7.86. The predicted octanol–water partition coefficient (Wildman–Crippen LogP) is 4.76. The van der Waals surface area contributed by atoms with Crippen LogP contribution in [0.25, 0.3) is 10.8 Å². The molecule has 82 valence electrons. The Kier molecular flexibility index (Phi) is 3.61. The summed E-state index contributed by atoms with van der Waals surface area (Å²) in [6.07, 6.45) is 3.05. The van der Waals surface area contributed by atoms with E-state index in [1.165, 1.54) is 16.3 Å². The zero-order valence-electron chi connectivity index (χ0n) is 9.65. The Morgan fingerprint density at radius 1 is 0.938 bits per heavy atom. The van der Waals surface area contributed by atoms with Crippen LogP contribution in [0.3, 0.4) is 0 Å². The molecule has 0 aliphatic rings. The number of benzene rings is 2. The van der Waals surface area contributed by atoms with Gasteiger partial charge in [-0.25, -0.2) is 0 Å². The highest BCUT2D eigenvalue weighted by Gasteiger charge is 2.10. The van der Waals surface area contributed by atoms with E-state index in [0.29, 0.717) is 5.92 Å². The van der Waals surface area contributed by atoms with Crippen LogP contribution in [0.2, 0.25) is 0 Å². The van der Waals surface area contributed by atoms with Crippen molar-refractivity contribution in [1.29, 1.82) is 0 Å². The van der Waals surface area contributed by atoms with Crippen molar-refractivity contribution in [2.75, 3.05) is 0 Å². The summed E-state index contributed by atoms with van der Waals surface area (Å²) in [7, 11) is 0. The zero-order chi connectivity index (χ0) is 11.4. The van der Waals surface area contributed by atoms with Gasteiger partial charge in [0.2, 0.25) is 0 Å². The fourth-order valence-electron chi connectivity index (χ4n) is 2.31. The first-order valence-electron chi connectivity index (χ1n) is 5.93. The minimum Gasteiger partial charge on any atom is -0.0616 e. The largest absolute Gasteiger partial charge is 0.0616 e. The summed E-state index contributed by atoms with van der Waals surface area (Å²) < 4.78 is 0. The lowest BCUT2D eigenvalue weighted by Crippen LogP contribution is -1.97. The molecule has 2 rings (SSSR count). The van der Waals surface area contributed by atoms with Crippen LogP contribution >= 0.6 is 0 Å². The van der Waals surface area contributed by atoms with Crippen molar-refractivity contribution in [2.24, 2.45) is 0 Å². The maximum absolute atomic E-state index is 4.06. The molecule has 2 aromatic carbocycles. The molecule has 0 heteroatoms. The van der Waals surface area contributed by atoms with Crippen molar-refractivity contribution >= 4 is 10.8 Å². The molecule has 0 amide bonds. The molecule has 0 nitrogen and oxygen atoms in total. The molecule has 0 saturated carbocycles. The molecule has 0 fully saturated rings. The summed E-state index contributed by atoms with van der Waals surface area (Å²) >= 11 is 0. The van der Waals surface area contributed by atoms with Gasteiger partial charge >= 0.3 is 0 Å². The Bertz CT molecular complexity index is 451. The van der Waals surface area contributed by atoms with E-state index in [9.17, 15) is 0 Å². The third-order valence-electron chi connectivity index (χ3n) is 3.16. The van der Waals surface area contributed by atoms with Gasteiger partial charge < -0.3 is 0 Å². The normalized spacial score (nSPS) is 12.9. The lowest BCUT2D eigenvalue weighted by Gasteiger charge is -2.16. The van der Waals surface area contributed by atoms with E-state index in [4.69, 9.17) is 0 Å². The van der Waals surface area contributed by atoms with Crippen LogP contribution in [0.4, 0.5) is 0 Å². The number of fused-ring (bicyclic) bond motifs is 1. The number of hydrogen-bond acceptors (Lipinski definition) is 0. The van der Waals surface area contributed by atoms with Gasteiger partial charge in [-0.05, 0) is 35.1 Å². The maximum atomic E-state index is 4.06. The van der Waals surface area contributed by atoms with Gasteiger partial charge in [0.05, 0.1) is 0 Å². The molecular formula is C16H18. The lowest BCUT2D eigenvalue weighted by molar-refractivity contribution is 0.642. The minimum absolute atomic E-state index is 0.545. The second-order valence-corrected chi connectivity index (χ2v) is 4.20. The minimum atomic E-state index is 0.545. The highest BCUT2D eigenvalue weighted by molar-refractivity contribution is 5.86. The topological polar surface area (TPSA) is 0 Å². The van der Waals surface area contributed by atoms with E-state index in [1.54, 1.807) is 0 Å². The monoisotopic (exact) mass is 210 g/mol. The van der Waals surface area contributed by atoms with Crippen molar-refractivity contribution in [3.05, 3.63) is 61.9 Å². The molecule has 1 atom stereocenters. The van der Waals surface area contributed by atoms with E-state index in [1.807, 2.05) is 0 Å². The summed E-state index contributed by atoms with van der Waals surface area (Å²) in [5.74, 6) is 0.545. The highest BCUT2D eigenvalue weighted by atomic mass is 14.1. The van der Waals surface area contributed by atoms with Crippen molar-refractivity contribution in [2.45, 2.75) is 25.2 Å². The van der Waals surface area contributed by atoms with Gasteiger partial charge in [-0.2, -0.15) is 0 Å². The summed E-state index contributed by atoms with van der Waals surface area (Å²) in [6, 6.07) is 15.1. The molecule has 0 aliphatic carbocycles. The van der Waals surface area contributed by atoms with Crippen molar-refractivity contribution in [3.63, 3.8) is 0 Å². The van der Waals surface area contributed by atoms with Gasteiger partial charge in [-0.3, -0.25) is 0 Å². The van der Waals surface area contributed by atoms with E-state index in [0.717, 1.165) is 19.3 Å². The van der Waals surface area contributed by atoms with Crippen molar-refractivity contribution < 1.29 is 0 Å². The molecule has 2 radical (unpaired) electrons. The lowest BCUT2D eigenvalue weighted by atomic mass is 9.88. The summed E-state index contributed by atoms with van der Waals surface area (Å²) in [4.78, 5) is 0. The van der Waals surface area contributed by atoms with Crippen molar-refractivity contribution in [1.82, 2.24) is 0 Å². The first-order valence-corrected chi connectivity index (χ1v) is 5.93. The van der Waals surface area contributed by atoms with Crippen LogP contribution in [-0.2, 0) is 0 Å². The average molecular weight is 210 g/mol. The van der Waals surface area contributed by atoms with Crippen LogP contribution in [0.5, 0.6) is 0 Å². The Labute approximate surface area is 98.3 Å². The van der Waals surface area contributed by atoms with Gasteiger partial charge in [0, 0.05) is 0 Å². The first kappa shape index (κ1) is 11.2. The van der Waals surface area contributed by atoms with Crippen molar-refractivity contribution in [3.8, 4) is 0 Å². The summed E-state index contributed by atoms with van der Waals surface area (Å²) in [6.45, 7) is 8.01. The van der Waals surface area contributed by atoms with E-state index >= 15 is 0 Å². The molecule has 0 N–H and O–H groups in total. The Balaban J connectivity index is 2.50. The average Bonchev–Trinajstić information content (AvgIpc) is 2.35. The van der Waals surface area contributed by atoms with Gasteiger partial charge in [0.25, 0.3) is 0 Å². The molecule has 2 aromatic rings. The van der Waals surface area contributed by atoms with Crippen LogP contribution < -0.4 is 0 Å². The Morgan fingerprint density at radius 2 is 1.69 bits per heavy atom. The standard InChI is InChI=1S/C16H18/c1-3-8-13(4-2)15-12-7-10-14-9-5-6-11-16(14)15/h5-7,9-13H,1-4,8H2. The molecule has 0 aliphatic heterocycles. The fourth-order valence-corrected chi connectivity index (χ4v) is 2.31. The molecule has 0 saturated heterocycles. The van der Waals surface area contributed by atoms with Crippen LogP contribution in [0.1, 0.15) is 30.7 Å². The smallest absolute Gasteiger partial charge is 0.0149 e. The van der Waals surface area contributed by atoms with E-state index in [-0.39, 0.29) is 0 Å². The van der Waals surface area contributed by atoms with E-state index < -0.39 is 0 Å². The second-order valence-electron chi connectivity index (χ2n) is 4.20. The molecule has 0 aromatic heterocycles. The van der Waals surface area contributed by atoms with Gasteiger partial charge in [0.15, 0.2) is 0 Å². The number of hydrogen-bond donors (Lipinski definition) is 0. The third kappa shape index (κ3) is 2.11. The van der Waals surface area contributed by atoms with Crippen LogP contribution in [0.15, 0.2) is 42.5 Å². The van der Waals surface area contributed by atoms with E-state index in [2.05, 4.69) is 56.3 Å². The Hall–Kier alpha value is -1.30. The highest BCUT2D eigenvalue weighted by Crippen LogP contribution is 2.30. The van der Waals surface area contributed by atoms with Gasteiger partial charge in [-0.15, -0.1) is 0 Å². The molecule has 0 spiro atoms. The third-order valence-corrected chi connectivity index (χ3v) is 3.16. The SMILES string of the molecule is [CH2]CCC(C[CH2])c1cccc2ccccc12. The molecule has 16 heavy (non-hydrogen) atoms. The fraction of sp³-hybridized carbons (Fsp3) is 0.250. The zero-order valence-corrected chi connectivity index (χ0v) is 9.65. The van der Waals surface area contributed by atoms with Crippen LogP contribution in [0, 0.1) is 13.8 Å². The molecule has 1 unspecified atom stereocenters. The Morgan fingerprint density at radius 3 is 2.44 bits per heavy atom. The molecular weight excluding hydrogens is 192 g/mol. The second kappa shape index (κ2) is 5.16. The predicted molar refractivity (Wildman–Crippen MR) is 71.3 cm³/mol. The summed E-state index contributed by atoms with van der Waals surface area (Å²) in [5, 5.41) is 2.69. The summed E-state index contributed by atoms with van der Waals surface area (Å²) in [5.41, 5.74) is 1.43. The van der Waals surface area contributed by atoms with Crippen LogP contribution in [-0.4, -0.2) is 0 Å². The number of rotatable bonds is 4.